The molecule has 0 spiro atoms. The van der Waals surface area contributed by atoms with Crippen LogP contribution in [0, 0.1) is 5.41 Å². The summed E-state index contributed by atoms with van der Waals surface area (Å²) in [6.45, 7) is 7.21. The molecule has 0 aromatic carbocycles. The number of aliphatic hydroxyl groups is 1. The highest BCUT2D eigenvalue weighted by molar-refractivity contribution is 5.73. The number of nitrogens with zero attached hydrogens (tertiary/aromatic N) is 1. The van der Waals surface area contributed by atoms with E-state index >= 15 is 0 Å². The first-order valence-corrected chi connectivity index (χ1v) is 5.57. The van der Waals surface area contributed by atoms with Crippen molar-refractivity contribution in [2.45, 2.75) is 46.6 Å². The van der Waals surface area contributed by atoms with E-state index in [9.17, 15) is 4.79 Å². The van der Waals surface area contributed by atoms with Crippen LogP contribution in [0.3, 0.4) is 0 Å². The Kier molecular flexibility index (Phi) is 8.29. The summed E-state index contributed by atoms with van der Waals surface area (Å²) in [6, 6.07) is 0. The van der Waals surface area contributed by atoms with Crippen molar-refractivity contribution in [2.24, 2.45) is 22.9 Å². The van der Waals surface area contributed by atoms with Crippen LogP contribution in [0.15, 0.2) is 0 Å². The summed E-state index contributed by atoms with van der Waals surface area (Å²) in [5.41, 5.74) is -0.533. The van der Waals surface area contributed by atoms with Crippen molar-refractivity contribution in [3.05, 3.63) is 0 Å². The molecule has 0 rings (SSSR count). The van der Waals surface area contributed by atoms with E-state index in [1.165, 1.54) is 0 Å². The van der Waals surface area contributed by atoms with Gasteiger partial charge in [0.05, 0.1) is 5.41 Å². The first-order valence-electron chi connectivity index (χ1n) is 5.57. The fourth-order valence-corrected chi connectivity index (χ4v) is 1.19. The van der Waals surface area contributed by atoms with Crippen molar-refractivity contribution in [2.75, 3.05) is 6.54 Å². The van der Waals surface area contributed by atoms with Gasteiger partial charge in [-0.25, -0.2) is 0 Å². The molecule has 0 aliphatic carbocycles. The maximum Gasteiger partial charge on any atom is 0.309 e. The Balaban J connectivity index is 0. The lowest BCUT2D eigenvalue weighted by atomic mass is 9.88. The second-order valence-electron chi connectivity index (χ2n) is 4.97. The van der Waals surface area contributed by atoms with Gasteiger partial charge in [-0.2, -0.15) is 0 Å². The van der Waals surface area contributed by atoms with Crippen LogP contribution in [0.4, 0.5) is 0 Å². The van der Waals surface area contributed by atoms with Gasteiger partial charge < -0.3 is 10.2 Å². The minimum absolute atomic E-state index is 0.153. The average molecular weight is 251 g/mol. The van der Waals surface area contributed by atoms with E-state index in [2.05, 4.69) is 0 Å². The van der Waals surface area contributed by atoms with E-state index in [-0.39, 0.29) is 6.54 Å². The molecule has 0 radical (unpaired) electrons. The quantitative estimate of drug-likeness (QED) is 0.258. The zero-order valence-electron chi connectivity index (χ0n) is 11.2. The lowest BCUT2D eigenvalue weighted by Crippen LogP contribution is -2.68. The van der Waals surface area contributed by atoms with Gasteiger partial charge in [0, 0.05) is 0 Å². The number of carboxylic acid groups (broad SMARTS) is 1. The monoisotopic (exact) mass is 251 g/mol. The molecular formula is C10H27N4O3+. The zero-order chi connectivity index (χ0) is 14.3. The Morgan fingerprint density at radius 1 is 1.35 bits per heavy atom. The van der Waals surface area contributed by atoms with Crippen LogP contribution in [0.25, 0.3) is 0 Å². The maximum atomic E-state index is 10.4. The first kappa shape index (κ1) is 18.6. The lowest BCUT2D eigenvalue weighted by molar-refractivity contribution is -0.965. The number of rotatable bonds is 5. The topological polar surface area (TPSA) is 136 Å². The molecule has 0 aliphatic heterocycles. The summed E-state index contributed by atoms with van der Waals surface area (Å²) in [4.78, 5) is 9.74. The zero-order valence-corrected chi connectivity index (χ0v) is 11.2. The number of hydrogen-bond acceptors (Lipinski definition) is 5. The van der Waals surface area contributed by atoms with Gasteiger partial charge in [-0.05, 0) is 27.2 Å². The molecule has 0 aliphatic rings. The van der Waals surface area contributed by atoms with E-state index in [0.29, 0.717) is 0 Å². The van der Waals surface area contributed by atoms with Gasteiger partial charge in [0.2, 0.25) is 0 Å². The van der Waals surface area contributed by atoms with Crippen molar-refractivity contribution >= 4 is 5.97 Å². The van der Waals surface area contributed by atoms with Gasteiger partial charge >= 0.3 is 5.97 Å². The largest absolute Gasteiger partial charge is 0.481 e. The van der Waals surface area contributed by atoms with Crippen molar-refractivity contribution in [3.63, 3.8) is 0 Å². The summed E-state index contributed by atoms with van der Waals surface area (Å²) >= 11 is 0. The Morgan fingerprint density at radius 3 is 1.82 bits per heavy atom. The van der Waals surface area contributed by atoms with Gasteiger partial charge in [-0.1, -0.05) is 13.3 Å². The average Bonchev–Trinajstić information content (AvgIpc) is 1.99. The van der Waals surface area contributed by atoms with Crippen LogP contribution in [0.5, 0.6) is 0 Å². The molecular weight excluding hydrogens is 224 g/mol. The number of hydrogen-bond donors (Lipinski definition) is 5. The van der Waals surface area contributed by atoms with Crippen LogP contribution in [0.1, 0.15) is 40.5 Å². The number of carbonyl (C=O) groups is 1. The number of quaternary nitrogens is 1. The summed E-state index contributed by atoms with van der Waals surface area (Å²) in [7, 11) is 0. The van der Waals surface area contributed by atoms with Gasteiger partial charge in [0.25, 0.3) is 0 Å². The molecule has 0 heterocycles. The Morgan fingerprint density at radius 2 is 1.76 bits per heavy atom. The summed E-state index contributed by atoms with van der Waals surface area (Å²) < 4.78 is 0. The normalized spacial score (nSPS) is 13.6. The van der Waals surface area contributed by atoms with Gasteiger partial charge in [0.15, 0.2) is 6.54 Å². The molecule has 1 atom stereocenters. The number of aliphatic carboxylic acids is 1. The third kappa shape index (κ3) is 13.2. The van der Waals surface area contributed by atoms with E-state index in [0.717, 1.165) is 12.8 Å². The van der Waals surface area contributed by atoms with E-state index in [4.69, 9.17) is 27.7 Å². The van der Waals surface area contributed by atoms with E-state index in [1.54, 1.807) is 20.8 Å². The predicted octanol–water partition coefficient (Wildman–Crippen LogP) is -0.298. The molecule has 0 aromatic heterocycles. The van der Waals surface area contributed by atoms with Crippen LogP contribution >= 0.6 is 0 Å². The highest BCUT2D eigenvalue weighted by atomic mass is 16.4. The molecule has 7 heteroatoms. The molecule has 1 unspecified atom stereocenters. The Bertz CT molecular complexity index is 224. The smallest absolute Gasteiger partial charge is 0.309 e. The molecule has 0 saturated heterocycles. The molecule has 104 valence electrons. The van der Waals surface area contributed by atoms with Gasteiger partial charge in [0.1, 0.15) is 6.10 Å². The summed E-state index contributed by atoms with van der Waals surface area (Å²) in [5.74, 6) is 14.5. The summed E-state index contributed by atoms with van der Waals surface area (Å²) in [6.07, 6.45) is 1.12. The number of nitrogens with two attached hydrogens (primary N) is 3. The Labute approximate surface area is 103 Å². The van der Waals surface area contributed by atoms with Gasteiger partial charge in [-0.3, -0.25) is 4.79 Å². The standard InChI is InChI=1S/C7H14O2.C3H13N4O/c1-4-5-7(2,3)6(8)9;1-3(8)2-7(4,5)6/h4-5H2,1-3H3,(H,8,9);3,8H,2,4-6H2,1H3/q;+1. The van der Waals surface area contributed by atoms with Crippen molar-refractivity contribution in [3.8, 4) is 0 Å². The third-order valence-electron chi connectivity index (χ3n) is 2.03. The minimum atomic E-state index is -0.704. The third-order valence-corrected chi connectivity index (χ3v) is 2.03. The lowest BCUT2D eigenvalue weighted by Gasteiger charge is -2.19. The van der Waals surface area contributed by atoms with Crippen LogP contribution < -0.4 is 17.5 Å². The van der Waals surface area contributed by atoms with Crippen LogP contribution in [-0.2, 0) is 4.79 Å². The predicted molar refractivity (Wildman–Crippen MR) is 65.7 cm³/mol. The van der Waals surface area contributed by atoms with Crippen molar-refractivity contribution in [1.82, 2.24) is 0 Å². The SMILES string of the molecule is CC(O)C[N+](N)(N)N.CCCC(C)(C)C(=O)O. The van der Waals surface area contributed by atoms with Crippen LogP contribution in [-0.4, -0.2) is 33.6 Å². The van der Waals surface area contributed by atoms with Gasteiger partial charge in [-0.15, -0.1) is 22.3 Å². The highest BCUT2D eigenvalue weighted by Crippen LogP contribution is 2.21. The highest BCUT2D eigenvalue weighted by Gasteiger charge is 2.25. The molecule has 8 N–H and O–H groups in total. The maximum absolute atomic E-state index is 10.4. The Hall–Kier alpha value is -0.730. The number of aliphatic hydroxyl groups excluding tert-OH is 1. The fourth-order valence-electron chi connectivity index (χ4n) is 1.19. The first-order chi connectivity index (χ1) is 7.42. The molecule has 0 amide bonds. The van der Waals surface area contributed by atoms with E-state index < -0.39 is 22.3 Å². The minimum Gasteiger partial charge on any atom is -0.481 e. The number of carboxylic acids is 1. The molecule has 0 aromatic rings. The summed E-state index contributed by atoms with van der Waals surface area (Å²) in [5, 5.41) is 17.2. The van der Waals surface area contributed by atoms with Crippen molar-refractivity contribution < 1.29 is 19.8 Å². The molecule has 7 nitrogen and oxygen atoms in total. The second kappa shape index (κ2) is 7.57. The molecule has 0 bridgehead atoms. The van der Waals surface area contributed by atoms with Crippen LogP contribution in [0.2, 0.25) is 0 Å². The second-order valence-corrected chi connectivity index (χ2v) is 4.97. The fraction of sp³-hybridized carbons (Fsp3) is 0.900. The van der Waals surface area contributed by atoms with E-state index in [1.807, 2.05) is 6.92 Å². The molecule has 17 heavy (non-hydrogen) atoms. The molecule has 0 saturated carbocycles. The molecule has 0 fully saturated rings. The van der Waals surface area contributed by atoms with Crippen molar-refractivity contribution in [1.29, 1.82) is 0 Å².